The number of Topliss-reactive ketones (excluding diaryl/α,β-unsaturated/α-hetero) is 1. The van der Waals surface area contributed by atoms with Gasteiger partial charge in [-0.3, -0.25) is 4.79 Å². The van der Waals surface area contributed by atoms with Gasteiger partial charge in [0.25, 0.3) is 5.69 Å². The third-order valence-electron chi connectivity index (χ3n) is 5.70. The fourth-order valence-electron chi connectivity index (χ4n) is 4.33. The van der Waals surface area contributed by atoms with Gasteiger partial charge in [-0.05, 0) is 44.2 Å². The van der Waals surface area contributed by atoms with E-state index in [0.717, 1.165) is 64.6 Å². The van der Waals surface area contributed by atoms with Gasteiger partial charge >= 0.3 is 0 Å². The highest BCUT2D eigenvalue weighted by Gasteiger charge is 2.46. The molecule has 2 unspecified atom stereocenters. The molecule has 2 atom stereocenters. The third kappa shape index (κ3) is 2.99. The quantitative estimate of drug-likeness (QED) is 0.596. The Labute approximate surface area is 166 Å². The molecule has 1 aliphatic heterocycles. The minimum Gasteiger partial charge on any atom is -0.292 e. The lowest BCUT2D eigenvalue weighted by Gasteiger charge is -2.20. The molecule has 0 saturated heterocycles. The fraction of sp³-hybridized carbons (Fsp3) is 0.429. The summed E-state index contributed by atoms with van der Waals surface area (Å²) in [7, 11) is 0. The number of aliphatic imine (C=N–C) groups is 1. The van der Waals surface area contributed by atoms with E-state index in [0.29, 0.717) is 5.69 Å². The highest BCUT2D eigenvalue weighted by molar-refractivity contribution is 8.00. The number of carbonyl (C=O) groups excluding carboxylic acids is 1. The maximum Gasteiger partial charge on any atom is 0.297 e. The molecule has 2 aromatic rings. The molecule has 0 amide bonds. The summed E-state index contributed by atoms with van der Waals surface area (Å²) in [6.45, 7) is 0. The standard InChI is InChI=1S/C21H21N2O2S2/c24-19-17(26-13-7-3-1-4-8-13)12-11-14-18-21(27-20(14)19)22-15-9-5-2-6-10-16(15)23(18)25/h1,3-4,7-8,16-17H,2,5-6,9-12H2/q+1. The molecule has 1 aromatic carbocycles. The van der Waals surface area contributed by atoms with Crippen LogP contribution in [0.2, 0.25) is 0 Å². The average Bonchev–Trinajstić information content (AvgIpc) is 2.89. The minimum absolute atomic E-state index is 0.0711. The molecule has 5 rings (SSSR count). The molecule has 0 bridgehead atoms. The summed E-state index contributed by atoms with van der Waals surface area (Å²) in [5.41, 5.74) is 2.67. The van der Waals surface area contributed by atoms with Crippen molar-refractivity contribution in [3.8, 4) is 0 Å². The van der Waals surface area contributed by atoms with Crippen LogP contribution >= 0.6 is 23.1 Å². The molecule has 0 radical (unpaired) electrons. The minimum atomic E-state index is -0.120. The van der Waals surface area contributed by atoms with Gasteiger partial charge in [0, 0.05) is 21.0 Å². The number of hydrogen-bond donors (Lipinski definition) is 0. The fourth-order valence-corrected chi connectivity index (χ4v) is 6.74. The predicted molar refractivity (Wildman–Crippen MR) is 110 cm³/mol. The SMILES string of the molecule is O=C1c2sc3c(c2CCC1Sc1ccccc1)[N+](=O)C1CCCCCC1=N3. The summed E-state index contributed by atoms with van der Waals surface area (Å²) in [5, 5.41) is 0.695. The number of thiophene rings is 1. The van der Waals surface area contributed by atoms with Gasteiger partial charge in [0.2, 0.25) is 6.04 Å². The first kappa shape index (κ1) is 17.3. The second-order valence-corrected chi connectivity index (χ2v) is 9.71. The lowest BCUT2D eigenvalue weighted by atomic mass is 9.95. The lowest BCUT2D eigenvalue weighted by Crippen LogP contribution is -2.32. The summed E-state index contributed by atoms with van der Waals surface area (Å²) < 4.78 is 1.19. The Morgan fingerprint density at radius 3 is 2.78 bits per heavy atom. The van der Waals surface area contributed by atoms with Gasteiger partial charge in [0.1, 0.15) is 0 Å². The summed E-state index contributed by atoms with van der Waals surface area (Å²) >= 11 is 3.07. The van der Waals surface area contributed by atoms with Crippen molar-refractivity contribution in [1.82, 2.24) is 0 Å². The number of carbonyl (C=O) groups is 1. The van der Waals surface area contributed by atoms with E-state index in [9.17, 15) is 9.70 Å². The maximum atomic E-state index is 13.1. The Kier molecular flexibility index (Phi) is 4.48. The number of benzene rings is 1. The monoisotopic (exact) mass is 397 g/mol. The Balaban J connectivity index is 1.49. The van der Waals surface area contributed by atoms with Gasteiger partial charge < -0.3 is 0 Å². The average molecular weight is 398 g/mol. The largest absolute Gasteiger partial charge is 0.297 e. The summed E-state index contributed by atoms with van der Waals surface area (Å²) in [5.74, 6) is 0.165. The van der Waals surface area contributed by atoms with Crippen molar-refractivity contribution in [2.24, 2.45) is 4.99 Å². The molecule has 27 heavy (non-hydrogen) atoms. The van der Waals surface area contributed by atoms with Crippen LogP contribution in [0.1, 0.15) is 53.8 Å². The second-order valence-electron chi connectivity index (χ2n) is 7.43. The molecule has 6 heteroatoms. The van der Waals surface area contributed by atoms with E-state index in [-0.39, 0.29) is 17.1 Å². The van der Waals surface area contributed by atoms with Crippen LogP contribution in [-0.2, 0) is 6.42 Å². The first-order chi connectivity index (χ1) is 13.2. The van der Waals surface area contributed by atoms with Crippen LogP contribution in [0, 0.1) is 4.91 Å². The second kappa shape index (κ2) is 6.99. The molecule has 2 heterocycles. The molecular weight excluding hydrogens is 376 g/mol. The van der Waals surface area contributed by atoms with Crippen molar-refractivity contribution < 1.29 is 9.55 Å². The van der Waals surface area contributed by atoms with Crippen LogP contribution in [0.25, 0.3) is 0 Å². The predicted octanol–water partition coefficient (Wildman–Crippen LogP) is 5.87. The van der Waals surface area contributed by atoms with Crippen molar-refractivity contribution in [3.63, 3.8) is 0 Å². The summed E-state index contributed by atoms with van der Waals surface area (Å²) in [6, 6.07) is 9.96. The number of nitrogens with zero attached hydrogens (tertiary/aromatic N) is 2. The van der Waals surface area contributed by atoms with Crippen molar-refractivity contribution in [1.29, 1.82) is 0 Å². The Hall–Kier alpha value is -1.79. The number of hydrogen-bond acceptors (Lipinski definition) is 5. The van der Waals surface area contributed by atoms with Crippen molar-refractivity contribution in [2.75, 3.05) is 0 Å². The van der Waals surface area contributed by atoms with E-state index in [2.05, 4.69) is 0 Å². The van der Waals surface area contributed by atoms with Gasteiger partial charge in [-0.25, -0.2) is 4.99 Å². The van der Waals surface area contributed by atoms with E-state index in [1.54, 1.807) is 11.8 Å². The summed E-state index contributed by atoms with van der Waals surface area (Å²) in [6.07, 6.45) is 6.72. The van der Waals surface area contributed by atoms with E-state index in [4.69, 9.17) is 4.99 Å². The Morgan fingerprint density at radius 1 is 1.07 bits per heavy atom. The van der Waals surface area contributed by atoms with Crippen LogP contribution in [0.3, 0.4) is 0 Å². The Bertz CT molecular complexity index is 949. The van der Waals surface area contributed by atoms with Gasteiger partial charge in [-0.1, -0.05) is 24.6 Å². The van der Waals surface area contributed by atoms with Gasteiger partial charge in [0.05, 0.1) is 21.4 Å². The lowest BCUT2D eigenvalue weighted by molar-refractivity contribution is -0.488. The van der Waals surface area contributed by atoms with Gasteiger partial charge in [-0.15, -0.1) is 23.1 Å². The van der Waals surface area contributed by atoms with E-state index in [1.807, 2.05) is 30.3 Å². The number of ketones is 1. The maximum absolute atomic E-state index is 13.1. The Morgan fingerprint density at radius 2 is 1.93 bits per heavy atom. The topological polar surface area (TPSA) is 49.5 Å². The van der Waals surface area contributed by atoms with E-state index >= 15 is 0 Å². The van der Waals surface area contributed by atoms with Crippen molar-refractivity contribution in [3.05, 3.63) is 45.7 Å². The number of fused-ring (bicyclic) bond motifs is 4. The van der Waals surface area contributed by atoms with Crippen LogP contribution < -0.4 is 0 Å². The zero-order valence-electron chi connectivity index (χ0n) is 15.0. The number of thioether (sulfide) groups is 1. The van der Waals surface area contributed by atoms with E-state index < -0.39 is 0 Å². The summed E-state index contributed by atoms with van der Waals surface area (Å²) in [4.78, 5) is 33.0. The van der Waals surface area contributed by atoms with Crippen molar-refractivity contribution in [2.45, 2.75) is 61.1 Å². The molecule has 1 saturated carbocycles. The first-order valence-corrected chi connectivity index (χ1v) is 11.4. The first-order valence-electron chi connectivity index (χ1n) is 9.68. The zero-order chi connectivity index (χ0) is 18.4. The third-order valence-corrected chi connectivity index (χ3v) is 8.11. The molecule has 3 aliphatic rings. The van der Waals surface area contributed by atoms with Crippen LogP contribution in [0.15, 0.2) is 40.2 Å². The molecule has 0 spiro atoms. The molecule has 0 N–H and O–H groups in total. The highest BCUT2D eigenvalue weighted by Crippen LogP contribution is 2.50. The van der Waals surface area contributed by atoms with Crippen LogP contribution in [0.5, 0.6) is 0 Å². The van der Waals surface area contributed by atoms with Crippen molar-refractivity contribution >= 4 is 45.3 Å². The molecule has 4 nitrogen and oxygen atoms in total. The zero-order valence-corrected chi connectivity index (χ0v) is 16.7. The molecular formula is C21H21N2O2S2+. The van der Waals surface area contributed by atoms with Crippen LogP contribution in [-0.4, -0.2) is 27.5 Å². The molecule has 138 valence electrons. The smallest absolute Gasteiger partial charge is 0.292 e. The molecule has 2 aliphatic carbocycles. The van der Waals surface area contributed by atoms with Gasteiger partial charge in [0.15, 0.2) is 10.8 Å². The molecule has 1 aromatic heterocycles. The normalized spacial score (nSPS) is 24.5. The number of rotatable bonds is 2. The van der Waals surface area contributed by atoms with Gasteiger partial charge in [-0.2, -0.15) is 0 Å². The molecule has 1 fully saturated rings. The van der Waals surface area contributed by atoms with Crippen LogP contribution in [0.4, 0.5) is 10.7 Å². The number of nitroso groups, excluding NO2 is 1. The van der Waals surface area contributed by atoms with E-state index in [1.165, 1.54) is 22.5 Å². The highest BCUT2D eigenvalue weighted by atomic mass is 32.2.